The number of rotatable bonds is 3. The first kappa shape index (κ1) is 13.1. The number of anilines is 2. The van der Waals surface area contributed by atoms with Crippen LogP contribution in [0.2, 0.25) is 0 Å². The van der Waals surface area contributed by atoms with Crippen molar-refractivity contribution >= 4 is 33.0 Å². The molecule has 0 unspecified atom stereocenters. The van der Waals surface area contributed by atoms with E-state index >= 15 is 0 Å². The molecule has 0 aromatic heterocycles. The van der Waals surface area contributed by atoms with Gasteiger partial charge >= 0.3 is 0 Å². The fourth-order valence-electron chi connectivity index (χ4n) is 1.57. The highest BCUT2D eigenvalue weighted by atomic mass is 79.9. The molecule has 0 aliphatic heterocycles. The van der Waals surface area contributed by atoms with Crippen LogP contribution in [0.4, 0.5) is 17.1 Å². The summed E-state index contributed by atoms with van der Waals surface area (Å²) in [4.78, 5) is 10.3. The fraction of sp³-hybridized carbons (Fsp3) is 0. The van der Waals surface area contributed by atoms with Crippen molar-refractivity contribution in [3.63, 3.8) is 0 Å². The third kappa shape index (κ3) is 2.89. The Morgan fingerprint density at radius 3 is 2.63 bits per heavy atom. The van der Waals surface area contributed by atoms with Crippen molar-refractivity contribution in [2.75, 3.05) is 5.32 Å². The zero-order valence-corrected chi connectivity index (χ0v) is 11.2. The van der Waals surface area contributed by atoms with Gasteiger partial charge in [-0.2, -0.15) is 5.26 Å². The smallest absolute Gasteiger partial charge is 0.289 e. The van der Waals surface area contributed by atoms with Gasteiger partial charge in [0.15, 0.2) is 0 Å². The van der Waals surface area contributed by atoms with Crippen molar-refractivity contribution in [3.05, 3.63) is 62.6 Å². The molecule has 94 valence electrons. The largest absolute Gasteiger partial charge is 0.354 e. The van der Waals surface area contributed by atoms with Crippen molar-refractivity contribution in [1.82, 2.24) is 0 Å². The average Bonchev–Trinajstić information content (AvgIpc) is 2.41. The van der Waals surface area contributed by atoms with Crippen molar-refractivity contribution in [2.24, 2.45) is 0 Å². The van der Waals surface area contributed by atoms with Crippen LogP contribution < -0.4 is 5.32 Å². The van der Waals surface area contributed by atoms with Gasteiger partial charge in [-0.1, -0.05) is 12.1 Å². The maximum absolute atomic E-state index is 10.9. The molecule has 2 rings (SSSR count). The molecule has 19 heavy (non-hydrogen) atoms. The molecule has 0 amide bonds. The van der Waals surface area contributed by atoms with E-state index in [1.54, 1.807) is 12.1 Å². The maximum Gasteiger partial charge on any atom is 0.289 e. The predicted molar refractivity (Wildman–Crippen MR) is 75.2 cm³/mol. The molecule has 2 aromatic rings. The van der Waals surface area contributed by atoms with Crippen LogP contribution in [0.15, 0.2) is 46.9 Å². The Kier molecular flexibility index (Phi) is 3.78. The molecule has 2 aromatic carbocycles. The summed E-state index contributed by atoms with van der Waals surface area (Å²) < 4.78 is 0.849. The Balaban J connectivity index is 2.38. The number of nitro benzene ring substituents is 1. The highest BCUT2D eigenvalue weighted by Crippen LogP contribution is 2.28. The minimum Gasteiger partial charge on any atom is -0.354 e. The number of nitrogens with zero attached hydrogens (tertiary/aromatic N) is 2. The topological polar surface area (TPSA) is 79.0 Å². The van der Waals surface area contributed by atoms with Gasteiger partial charge in [0.2, 0.25) is 0 Å². The molecule has 1 N–H and O–H groups in total. The first-order chi connectivity index (χ1) is 9.11. The number of benzene rings is 2. The first-order valence-electron chi connectivity index (χ1n) is 5.32. The van der Waals surface area contributed by atoms with Crippen LogP contribution >= 0.6 is 15.9 Å². The lowest BCUT2D eigenvalue weighted by atomic mass is 10.1. The second-order valence-electron chi connectivity index (χ2n) is 3.71. The lowest BCUT2D eigenvalue weighted by molar-refractivity contribution is -0.385. The Morgan fingerprint density at radius 1 is 1.26 bits per heavy atom. The average molecular weight is 318 g/mol. The van der Waals surface area contributed by atoms with E-state index in [9.17, 15) is 10.1 Å². The Labute approximate surface area is 117 Å². The molecular weight excluding hydrogens is 310 g/mol. The fourth-order valence-corrected chi connectivity index (χ4v) is 1.96. The van der Waals surface area contributed by atoms with Crippen molar-refractivity contribution in [2.45, 2.75) is 0 Å². The molecule has 5 nitrogen and oxygen atoms in total. The van der Waals surface area contributed by atoms with E-state index in [-0.39, 0.29) is 11.3 Å². The van der Waals surface area contributed by atoms with Crippen molar-refractivity contribution < 1.29 is 4.92 Å². The molecule has 0 heterocycles. The van der Waals surface area contributed by atoms with Crippen LogP contribution in [0.5, 0.6) is 0 Å². The number of nitro groups is 1. The monoisotopic (exact) mass is 317 g/mol. The van der Waals surface area contributed by atoms with E-state index in [1.165, 1.54) is 12.1 Å². The zero-order valence-electron chi connectivity index (χ0n) is 9.63. The van der Waals surface area contributed by atoms with Gasteiger partial charge in [0, 0.05) is 16.2 Å². The van der Waals surface area contributed by atoms with E-state index in [0.29, 0.717) is 5.69 Å². The van der Waals surface area contributed by atoms with E-state index < -0.39 is 4.92 Å². The second kappa shape index (κ2) is 5.50. The molecule has 0 radical (unpaired) electrons. The first-order valence-corrected chi connectivity index (χ1v) is 6.11. The molecule has 0 aliphatic carbocycles. The minimum atomic E-state index is -0.566. The van der Waals surface area contributed by atoms with Gasteiger partial charge in [0.25, 0.3) is 5.69 Å². The summed E-state index contributed by atoms with van der Waals surface area (Å²) in [6, 6.07) is 13.6. The van der Waals surface area contributed by atoms with Gasteiger partial charge in [0.1, 0.15) is 11.6 Å². The normalized spacial score (nSPS) is 9.68. The quantitative estimate of drug-likeness (QED) is 0.686. The SMILES string of the molecule is N#Cc1ccc(Nc2ccccc2Br)cc1[N+](=O)[O-]. The number of hydrogen-bond donors (Lipinski definition) is 1. The highest BCUT2D eigenvalue weighted by molar-refractivity contribution is 9.10. The zero-order chi connectivity index (χ0) is 13.8. The summed E-state index contributed by atoms with van der Waals surface area (Å²) in [6.07, 6.45) is 0. The lowest BCUT2D eigenvalue weighted by Gasteiger charge is -2.08. The van der Waals surface area contributed by atoms with Crippen molar-refractivity contribution in [1.29, 1.82) is 5.26 Å². The van der Waals surface area contributed by atoms with Crippen LogP contribution in [0.25, 0.3) is 0 Å². The van der Waals surface area contributed by atoms with Crippen LogP contribution in [0.3, 0.4) is 0 Å². The van der Waals surface area contributed by atoms with E-state index in [2.05, 4.69) is 21.2 Å². The summed E-state index contributed by atoms with van der Waals surface area (Å²) in [5, 5.41) is 22.7. The van der Waals surface area contributed by atoms with Crippen LogP contribution in [-0.2, 0) is 0 Å². The molecule has 0 saturated heterocycles. The molecule has 0 aliphatic rings. The Bertz CT molecular complexity index is 680. The summed E-state index contributed by atoms with van der Waals surface area (Å²) in [7, 11) is 0. The highest BCUT2D eigenvalue weighted by Gasteiger charge is 2.14. The number of hydrogen-bond acceptors (Lipinski definition) is 4. The molecule has 0 spiro atoms. The number of halogens is 1. The lowest BCUT2D eigenvalue weighted by Crippen LogP contribution is -1.96. The third-order valence-corrected chi connectivity index (χ3v) is 3.16. The van der Waals surface area contributed by atoms with Gasteiger partial charge in [-0.15, -0.1) is 0 Å². The maximum atomic E-state index is 10.9. The summed E-state index contributed by atoms with van der Waals surface area (Å²) >= 11 is 3.38. The predicted octanol–water partition coefficient (Wildman–Crippen LogP) is 3.97. The summed E-state index contributed by atoms with van der Waals surface area (Å²) in [5.74, 6) is 0. The van der Waals surface area contributed by atoms with Crippen molar-refractivity contribution in [3.8, 4) is 6.07 Å². The summed E-state index contributed by atoms with van der Waals surface area (Å²) in [5.41, 5.74) is 1.18. The third-order valence-electron chi connectivity index (χ3n) is 2.47. The van der Waals surface area contributed by atoms with E-state index in [1.807, 2.05) is 24.3 Å². The van der Waals surface area contributed by atoms with Gasteiger partial charge in [-0.05, 0) is 40.2 Å². The number of nitrogens with one attached hydrogen (secondary N) is 1. The van der Waals surface area contributed by atoms with E-state index in [4.69, 9.17) is 5.26 Å². The van der Waals surface area contributed by atoms with Gasteiger partial charge in [-0.3, -0.25) is 10.1 Å². The van der Waals surface area contributed by atoms with Crippen LogP contribution in [0, 0.1) is 21.4 Å². The molecule has 6 heteroatoms. The molecular formula is C13H8BrN3O2. The van der Waals surface area contributed by atoms with Crippen LogP contribution in [0.1, 0.15) is 5.56 Å². The minimum absolute atomic E-state index is 0.0441. The summed E-state index contributed by atoms with van der Waals surface area (Å²) in [6.45, 7) is 0. The van der Waals surface area contributed by atoms with E-state index in [0.717, 1.165) is 10.2 Å². The van der Waals surface area contributed by atoms with Gasteiger partial charge in [0.05, 0.1) is 10.6 Å². The van der Waals surface area contributed by atoms with Gasteiger partial charge < -0.3 is 5.32 Å². The second-order valence-corrected chi connectivity index (χ2v) is 4.56. The molecule has 0 saturated carbocycles. The number of nitriles is 1. The molecule has 0 bridgehead atoms. The molecule has 0 fully saturated rings. The van der Waals surface area contributed by atoms with Crippen LogP contribution in [-0.4, -0.2) is 4.92 Å². The van der Waals surface area contributed by atoms with Gasteiger partial charge in [-0.25, -0.2) is 0 Å². The standard InChI is InChI=1S/C13H8BrN3O2/c14-11-3-1-2-4-12(11)16-10-6-5-9(8-15)13(7-10)17(18)19/h1-7,16H. The Morgan fingerprint density at radius 2 is 2.00 bits per heavy atom. The molecule has 0 atom stereocenters. The number of para-hydroxylation sites is 1. The Hall–Kier alpha value is -2.39.